The fourth-order valence-electron chi connectivity index (χ4n) is 2.02. The zero-order chi connectivity index (χ0) is 9.97. The highest BCUT2D eigenvalue weighted by Crippen LogP contribution is 2.20. The molecule has 1 fully saturated rings. The second-order valence-corrected chi connectivity index (χ2v) is 4.83. The molecule has 2 rings (SSSR count). The Kier molecular flexibility index (Phi) is 4.99. The van der Waals surface area contributed by atoms with Gasteiger partial charge in [-0.05, 0) is 26.3 Å². The first kappa shape index (κ1) is 12.9. The van der Waals surface area contributed by atoms with Gasteiger partial charge in [0, 0.05) is 23.7 Å². The first-order chi connectivity index (χ1) is 6.79. The van der Waals surface area contributed by atoms with Crippen LogP contribution in [0.1, 0.15) is 23.5 Å². The molecule has 2 heterocycles. The Morgan fingerprint density at radius 1 is 1.67 bits per heavy atom. The van der Waals surface area contributed by atoms with E-state index < -0.39 is 0 Å². The van der Waals surface area contributed by atoms with E-state index in [-0.39, 0.29) is 12.4 Å². The molecule has 1 aromatic rings. The molecule has 1 unspecified atom stereocenters. The molecule has 1 aromatic heterocycles. The van der Waals surface area contributed by atoms with Crippen LogP contribution in [0.4, 0.5) is 0 Å². The Hall–Kier alpha value is -0.160. The Morgan fingerprint density at radius 2 is 2.47 bits per heavy atom. The predicted molar refractivity (Wildman–Crippen MR) is 66.6 cm³/mol. The number of hydrogen-bond donors (Lipinski definition) is 1. The molecule has 0 spiro atoms. The summed E-state index contributed by atoms with van der Waals surface area (Å²) in [5.74, 6) is 0. The summed E-state index contributed by atoms with van der Waals surface area (Å²) in [7, 11) is 0. The molecule has 1 atom stereocenters. The van der Waals surface area contributed by atoms with E-state index in [1.165, 1.54) is 24.4 Å². The van der Waals surface area contributed by atoms with Crippen LogP contribution in [0.5, 0.6) is 0 Å². The van der Waals surface area contributed by atoms with Crippen molar-refractivity contribution in [1.82, 2.24) is 9.88 Å². The van der Waals surface area contributed by atoms with Crippen molar-refractivity contribution in [1.29, 1.82) is 0 Å². The van der Waals surface area contributed by atoms with E-state index in [2.05, 4.69) is 15.3 Å². The van der Waals surface area contributed by atoms with Crippen molar-refractivity contribution in [3.05, 3.63) is 16.1 Å². The molecule has 0 amide bonds. The van der Waals surface area contributed by atoms with Crippen molar-refractivity contribution in [3.8, 4) is 0 Å². The number of aryl methyl sites for hydroxylation is 1. The van der Waals surface area contributed by atoms with Crippen molar-refractivity contribution < 1.29 is 0 Å². The van der Waals surface area contributed by atoms with Gasteiger partial charge < -0.3 is 5.73 Å². The molecule has 1 aliphatic heterocycles. The maximum absolute atomic E-state index is 5.72. The molecule has 0 aliphatic carbocycles. The number of nitrogens with zero attached hydrogens (tertiary/aromatic N) is 2. The maximum atomic E-state index is 5.72. The first-order valence-electron chi connectivity index (χ1n) is 5.14. The van der Waals surface area contributed by atoms with Gasteiger partial charge in [-0.15, -0.1) is 23.7 Å². The van der Waals surface area contributed by atoms with Crippen molar-refractivity contribution in [2.45, 2.75) is 32.4 Å². The van der Waals surface area contributed by atoms with Crippen LogP contribution in [-0.2, 0) is 6.54 Å². The van der Waals surface area contributed by atoms with Gasteiger partial charge in [-0.3, -0.25) is 4.90 Å². The third kappa shape index (κ3) is 3.14. The third-order valence-corrected chi connectivity index (χ3v) is 3.73. The summed E-state index contributed by atoms with van der Waals surface area (Å²) in [6, 6.07) is 0.583. The monoisotopic (exact) mass is 247 g/mol. The molecule has 1 aliphatic rings. The molecule has 0 bridgehead atoms. The molecule has 3 nitrogen and oxygen atoms in total. The summed E-state index contributed by atoms with van der Waals surface area (Å²) in [6.07, 6.45) is 2.53. The second kappa shape index (κ2) is 5.80. The lowest BCUT2D eigenvalue weighted by atomic mass is 10.2. The summed E-state index contributed by atoms with van der Waals surface area (Å²) in [5, 5.41) is 3.34. The summed E-state index contributed by atoms with van der Waals surface area (Å²) >= 11 is 1.76. The standard InChI is InChI=1S/C10H17N3S.ClH/c1-8-7-14-10(12-8)6-13-4-2-3-9(13)5-11;/h7,9H,2-6,11H2,1H3;1H. The van der Waals surface area contributed by atoms with E-state index in [1.54, 1.807) is 11.3 Å². The van der Waals surface area contributed by atoms with Crippen molar-refractivity contribution >= 4 is 23.7 Å². The van der Waals surface area contributed by atoms with Crippen LogP contribution < -0.4 is 5.73 Å². The van der Waals surface area contributed by atoms with Crippen LogP contribution >= 0.6 is 23.7 Å². The first-order valence-corrected chi connectivity index (χ1v) is 6.02. The number of thiazole rings is 1. The lowest BCUT2D eigenvalue weighted by Gasteiger charge is -2.21. The van der Waals surface area contributed by atoms with Crippen LogP contribution in [0.25, 0.3) is 0 Å². The molecule has 86 valence electrons. The molecular formula is C10H18ClN3S. The minimum atomic E-state index is 0. The lowest BCUT2D eigenvalue weighted by molar-refractivity contribution is 0.250. The van der Waals surface area contributed by atoms with Gasteiger partial charge in [-0.2, -0.15) is 0 Å². The molecule has 0 radical (unpaired) electrons. The van der Waals surface area contributed by atoms with Gasteiger partial charge in [0.25, 0.3) is 0 Å². The van der Waals surface area contributed by atoms with Gasteiger partial charge in [0.2, 0.25) is 0 Å². The Balaban J connectivity index is 0.00000112. The average Bonchev–Trinajstić information content (AvgIpc) is 2.76. The van der Waals surface area contributed by atoms with Crippen LogP contribution in [-0.4, -0.2) is 29.0 Å². The average molecular weight is 248 g/mol. The largest absolute Gasteiger partial charge is 0.329 e. The third-order valence-electron chi connectivity index (χ3n) is 2.78. The molecule has 5 heteroatoms. The minimum Gasteiger partial charge on any atom is -0.329 e. The summed E-state index contributed by atoms with van der Waals surface area (Å²) in [6.45, 7) is 5.00. The fourth-order valence-corrected chi connectivity index (χ4v) is 2.82. The molecule has 0 aromatic carbocycles. The summed E-state index contributed by atoms with van der Waals surface area (Å²) in [4.78, 5) is 6.94. The number of hydrogen-bond acceptors (Lipinski definition) is 4. The van der Waals surface area contributed by atoms with Gasteiger partial charge >= 0.3 is 0 Å². The fraction of sp³-hybridized carbons (Fsp3) is 0.700. The van der Waals surface area contributed by atoms with Crippen molar-refractivity contribution in [3.63, 3.8) is 0 Å². The predicted octanol–water partition coefficient (Wildman–Crippen LogP) is 1.80. The Bertz CT molecular complexity index is 303. The number of rotatable bonds is 3. The molecular weight excluding hydrogens is 230 g/mol. The van der Waals surface area contributed by atoms with E-state index in [9.17, 15) is 0 Å². The van der Waals surface area contributed by atoms with Crippen molar-refractivity contribution in [2.24, 2.45) is 5.73 Å². The minimum absolute atomic E-state index is 0. The van der Waals surface area contributed by atoms with Crippen LogP contribution in [0.15, 0.2) is 5.38 Å². The number of likely N-dealkylation sites (tertiary alicyclic amines) is 1. The zero-order valence-electron chi connectivity index (χ0n) is 8.98. The highest BCUT2D eigenvalue weighted by molar-refractivity contribution is 7.09. The molecule has 2 N–H and O–H groups in total. The molecule has 15 heavy (non-hydrogen) atoms. The smallest absolute Gasteiger partial charge is 0.107 e. The van der Waals surface area contributed by atoms with Gasteiger partial charge in [-0.25, -0.2) is 4.98 Å². The van der Waals surface area contributed by atoms with Gasteiger partial charge in [0.05, 0.1) is 6.54 Å². The van der Waals surface area contributed by atoms with Gasteiger partial charge in [-0.1, -0.05) is 0 Å². The highest BCUT2D eigenvalue weighted by Gasteiger charge is 2.23. The van der Waals surface area contributed by atoms with Crippen LogP contribution in [0.3, 0.4) is 0 Å². The van der Waals surface area contributed by atoms with E-state index in [4.69, 9.17) is 5.73 Å². The van der Waals surface area contributed by atoms with Crippen LogP contribution in [0, 0.1) is 6.92 Å². The maximum Gasteiger partial charge on any atom is 0.107 e. The Labute approximate surface area is 101 Å². The quantitative estimate of drug-likeness (QED) is 0.886. The van der Waals surface area contributed by atoms with Crippen LogP contribution in [0.2, 0.25) is 0 Å². The zero-order valence-corrected chi connectivity index (χ0v) is 10.6. The summed E-state index contributed by atoms with van der Waals surface area (Å²) < 4.78 is 0. The van der Waals surface area contributed by atoms with E-state index in [1.807, 2.05) is 6.92 Å². The van der Waals surface area contributed by atoms with Gasteiger partial charge in [0.1, 0.15) is 5.01 Å². The van der Waals surface area contributed by atoms with Gasteiger partial charge in [0.15, 0.2) is 0 Å². The highest BCUT2D eigenvalue weighted by atomic mass is 35.5. The number of halogens is 1. The molecule has 1 saturated heterocycles. The number of aromatic nitrogens is 1. The lowest BCUT2D eigenvalue weighted by Crippen LogP contribution is -2.34. The Morgan fingerprint density at radius 3 is 3.07 bits per heavy atom. The number of nitrogens with two attached hydrogens (primary N) is 1. The van der Waals surface area contributed by atoms with E-state index >= 15 is 0 Å². The van der Waals surface area contributed by atoms with E-state index in [0.717, 1.165) is 18.8 Å². The second-order valence-electron chi connectivity index (χ2n) is 3.88. The topological polar surface area (TPSA) is 42.1 Å². The van der Waals surface area contributed by atoms with E-state index in [0.29, 0.717) is 6.04 Å². The summed E-state index contributed by atoms with van der Waals surface area (Å²) in [5.41, 5.74) is 6.86. The normalized spacial score (nSPS) is 21.6. The molecule has 0 saturated carbocycles. The van der Waals surface area contributed by atoms with Crippen molar-refractivity contribution in [2.75, 3.05) is 13.1 Å². The SMILES string of the molecule is Cc1csc(CN2CCCC2CN)n1.Cl.